The van der Waals surface area contributed by atoms with E-state index >= 15 is 0 Å². The fraction of sp³-hybridized carbons (Fsp3) is 0.385. The Morgan fingerprint density at radius 1 is 1.29 bits per heavy atom. The summed E-state index contributed by atoms with van der Waals surface area (Å²) in [5.41, 5.74) is -0.109. The number of methoxy groups -OCH3 is 1. The van der Waals surface area contributed by atoms with Crippen LogP contribution >= 0.6 is 0 Å². The Hall–Kier alpha value is -2.69. The van der Waals surface area contributed by atoms with Crippen LogP contribution in [0.4, 0.5) is 5.69 Å². The molecular formula is C13H16N4O6S. The van der Waals surface area contributed by atoms with Gasteiger partial charge in [0.1, 0.15) is 5.75 Å². The minimum Gasteiger partial charge on any atom is -0.466 e. The Bertz CT molecular complexity index is 772. The molecule has 0 saturated carbocycles. The van der Waals surface area contributed by atoms with Gasteiger partial charge >= 0.3 is 22.3 Å². The highest BCUT2D eigenvalue weighted by Crippen LogP contribution is 2.21. The number of nitrogens with zero attached hydrogens (tertiary/aromatic N) is 4. The summed E-state index contributed by atoms with van der Waals surface area (Å²) >= 11 is 0. The summed E-state index contributed by atoms with van der Waals surface area (Å²) in [6, 6.07) is 4.63. The Morgan fingerprint density at radius 2 is 1.96 bits per heavy atom. The van der Waals surface area contributed by atoms with Crippen molar-refractivity contribution in [2.24, 2.45) is 9.39 Å². The molecule has 0 aromatic heterocycles. The highest BCUT2D eigenvalue weighted by atomic mass is 32.2. The minimum atomic E-state index is -4.02. The third-order valence-electron chi connectivity index (χ3n) is 3.03. The van der Waals surface area contributed by atoms with Crippen molar-refractivity contribution in [1.29, 1.82) is 0 Å². The topological polar surface area (TPSA) is 124 Å². The number of hydrogen-bond donors (Lipinski definition) is 0. The molecule has 1 heterocycles. The van der Waals surface area contributed by atoms with Crippen LogP contribution in [0.5, 0.6) is 5.75 Å². The van der Waals surface area contributed by atoms with Gasteiger partial charge in [-0.25, -0.2) is 4.31 Å². The van der Waals surface area contributed by atoms with Gasteiger partial charge in [-0.15, -0.1) is 4.99 Å². The van der Waals surface area contributed by atoms with Crippen LogP contribution in [0.2, 0.25) is 0 Å². The highest BCUT2D eigenvalue weighted by molar-refractivity contribution is 7.88. The van der Waals surface area contributed by atoms with Crippen molar-refractivity contribution in [2.75, 3.05) is 13.7 Å². The van der Waals surface area contributed by atoms with Gasteiger partial charge in [0, 0.05) is 18.7 Å². The number of amidine groups is 2. The monoisotopic (exact) mass is 356 g/mol. The van der Waals surface area contributed by atoms with Crippen LogP contribution in [-0.2, 0) is 14.9 Å². The molecule has 0 radical (unpaired) electrons. The van der Waals surface area contributed by atoms with E-state index in [4.69, 9.17) is 9.47 Å². The van der Waals surface area contributed by atoms with E-state index in [9.17, 15) is 18.5 Å². The second-order valence-corrected chi connectivity index (χ2v) is 6.25. The van der Waals surface area contributed by atoms with Gasteiger partial charge in [-0.05, 0) is 18.6 Å². The lowest BCUT2D eigenvalue weighted by Gasteiger charge is -2.25. The predicted octanol–water partition coefficient (Wildman–Crippen LogP) is 1.69. The van der Waals surface area contributed by atoms with Gasteiger partial charge in [-0.1, -0.05) is 17.7 Å². The highest BCUT2D eigenvalue weighted by Gasteiger charge is 2.32. The van der Waals surface area contributed by atoms with E-state index < -0.39 is 15.1 Å². The van der Waals surface area contributed by atoms with Gasteiger partial charge in [0.2, 0.25) is 0 Å². The predicted molar refractivity (Wildman–Crippen MR) is 86.1 cm³/mol. The van der Waals surface area contributed by atoms with Gasteiger partial charge < -0.3 is 9.47 Å². The number of hydrogen-bond acceptors (Lipinski definition) is 7. The molecule has 11 heteroatoms. The van der Waals surface area contributed by atoms with Gasteiger partial charge in [-0.3, -0.25) is 10.1 Å². The third-order valence-corrected chi connectivity index (χ3v) is 4.31. The van der Waals surface area contributed by atoms with Crippen molar-refractivity contribution in [3.05, 3.63) is 34.4 Å². The zero-order valence-corrected chi connectivity index (χ0v) is 13.9. The molecule has 0 bridgehead atoms. The maximum Gasteiger partial charge on any atom is 0.352 e. The Kier molecular flexibility index (Phi) is 5.34. The van der Waals surface area contributed by atoms with Gasteiger partial charge in [-0.2, -0.15) is 8.42 Å². The molecule has 0 saturated heterocycles. The van der Waals surface area contributed by atoms with Crippen molar-refractivity contribution >= 4 is 27.9 Å². The first-order valence-electron chi connectivity index (χ1n) is 7.05. The molecule has 0 amide bonds. The summed E-state index contributed by atoms with van der Waals surface area (Å²) in [4.78, 5) is 14.0. The first-order chi connectivity index (χ1) is 11.4. The Labute approximate surface area is 138 Å². The van der Waals surface area contributed by atoms with Crippen LogP contribution in [0.15, 0.2) is 33.7 Å². The molecule has 0 fully saturated rings. The van der Waals surface area contributed by atoms with Crippen LogP contribution in [-0.4, -0.2) is 43.3 Å². The van der Waals surface area contributed by atoms with Crippen LogP contribution < -0.4 is 4.74 Å². The number of nitro groups is 1. The molecule has 1 aliphatic rings. The minimum absolute atomic E-state index is 0.109. The first kappa shape index (κ1) is 17.7. The maximum absolute atomic E-state index is 12.2. The third kappa shape index (κ3) is 3.98. The number of rotatable bonds is 5. The summed E-state index contributed by atoms with van der Waals surface area (Å²) in [5, 5.41) is 10.7. The van der Waals surface area contributed by atoms with E-state index in [-0.39, 0.29) is 30.0 Å². The molecule has 24 heavy (non-hydrogen) atoms. The van der Waals surface area contributed by atoms with Crippen LogP contribution in [0.3, 0.4) is 0 Å². The van der Waals surface area contributed by atoms with E-state index in [1.165, 1.54) is 31.4 Å². The average molecular weight is 356 g/mol. The van der Waals surface area contributed by atoms with Crippen molar-refractivity contribution < 1.29 is 22.8 Å². The lowest BCUT2D eigenvalue weighted by molar-refractivity contribution is -0.384. The lowest BCUT2D eigenvalue weighted by Crippen LogP contribution is -2.43. The molecule has 1 aromatic rings. The van der Waals surface area contributed by atoms with Crippen molar-refractivity contribution in [3.8, 4) is 5.75 Å². The van der Waals surface area contributed by atoms with Gasteiger partial charge in [0.25, 0.3) is 5.69 Å². The van der Waals surface area contributed by atoms with E-state index in [1.54, 1.807) is 0 Å². The second kappa shape index (κ2) is 7.25. The number of non-ortho nitro benzene ring substituents is 1. The maximum atomic E-state index is 12.2. The fourth-order valence-corrected chi connectivity index (χ4v) is 2.86. The van der Waals surface area contributed by atoms with Crippen molar-refractivity contribution in [1.82, 2.24) is 4.31 Å². The molecule has 1 aromatic carbocycles. The lowest BCUT2D eigenvalue weighted by atomic mass is 10.3. The van der Waals surface area contributed by atoms with E-state index in [2.05, 4.69) is 9.39 Å². The fourth-order valence-electron chi connectivity index (χ4n) is 1.82. The van der Waals surface area contributed by atoms with E-state index in [1.807, 2.05) is 6.92 Å². The summed E-state index contributed by atoms with van der Waals surface area (Å²) in [7, 11) is -2.78. The SMILES string of the molecule is CCCCN1C(Oc2ccc([N+](=O)[O-])cc2)=NC(OC)=NS1(=O)=O. The van der Waals surface area contributed by atoms with E-state index in [0.717, 1.165) is 10.7 Å². The number of aliphatic imine (C=N–C) groups is 1. The second-order valence-electron chi connectivity index (χ2n) is 4.73. The molecule has 0 unspecified atom stereocenters. The average Bonchev–Trinajstić information content (AvgIpc) is 2.53. The molecule has 2 rings (SSSR count). The zero-order valence-electron chi connectivity index (χ0n) is 13.1. The van der Waals surface area contributed by atoms with Gasteiger partial charge in [0.15, 0.2) is 0 Å². The van der Waals surface area contributed by atoms with Gasteiger partial charge in [0.05, 0.1) is 12.0 Å². The van der Waals surface area contributed by atoms with Crippen LogP contribution in [0.1, 0.15) is 19.8 Å². The quantitative estimate of drug-likeness (QED) is 0.584. The van der Waals surface area contributed by atoms with E-state index in [0.29, 0.717) is 6.42 Å². The molecular weight excluding hydrogens is 340 g/mol. The molecule has 10 nitrogen and oxygen atoms in total. The zero-order chi connectivity index (χ0) is 17.7. The van der Waals surface area contributed by atoms with Crippen LogP contribution in [0.25, 0.3) is 0 Å². The summed E-state index contributed by atoms with van der Waals surface area (Å²) in [5.74, 6) is 0.202. The Morgan fingerprint density at radius 3 is 2.50 bits per heavy atom. The number of benzene rings is 1. The summed E-state index contributed by atoms with van der Waals surface area (Å²) in [6.45, 7) is 2.06. The smallest absolute Gasteiger partial charge is 0.352 e. The standard InChI is InChI=1S/C13H16N4O6S/c1-3-4-9-16-13(14-12(22-2)15-24(16,20)21)23-11-7-5-10(6-8-11)17(18)19/h5-8H,3-4,9H2,1-2H3. The molecule has 130 valence electrons. The molecule has 1 aliphatic heterocycles. The summed E-state index contributed by atoms with van der Waals surface area (Å²) < 4.78 is 39.0. The number of ether oxygens (including phenoxy) is 2. The Balaban J connectivity index is 2.30. The molecule has 0 atom stereocenters. The van der Waals surface area contributed by atoms with Crippen molar-refractivity contribution in [2.45, 2.75) is 19.8 Å². The van der Waals surface area contributed by atoms with Crippen molar-refractivity contribution in [3.63, 3.8) is 0 Å². The molecule has 0 aliphatic carbocycles. The number of nitro benzene ring substituents is 1. The molecule has 0 spiro atoms. The summed E-state index contributed by atoms with van der Waals surface area (Å²) in [6.07, 6.45) is 1.34. The normalized spacial score (nSPS) is 16.2. The first-order valence-corrected chi connectivity index (χ1v) is 8.44. The number of unbranched alkanes of at least 4 members (excludes halogenated alkanes) is 1. The molecule has 0 N–H and O–H groups in total. The van der Waals surface area contributed by atoms with Crippen LogP contribution in [0, 0.1) is 10.1 Å². The largest absolute Gasteiger partial charge is 0.466 e.